The van der Waals surface area contributed by atoms with E-state index in [1.54, 1.807) is 0 Å². The van der Waals surface area contributed by atoms with Gasteiger partial charge < -0.3 is 8.42 Å². The molecule has 0 rings (SSSR count). The first-order chi connectivity index (χ1) is 6.69. The zero-order valence-electron chi connectivity index (χ0n) is 7.63. The third kappa shape index (κ3) is 3.36. The maximum atomic E-state index is 12.1. The fourth-order valence-corrected chi connectivity index (χ4v) is 0.803. The molecule has 0 aromatic carbocycles. The van der Waals surface area contributed by atoms with E-state index >= 15 is 0 Å². The summed E-state index contributed by atoms with van der Waals surface area (Å²) in [6, 6.07) is 0. The topological polar surface area (TPSA) is 34.1 Å². The molecule has 0 aliphatic rings. The maximum Gasteiger partial charge on any atom is 1.00 e. The van der Waals surface area contributed by atoms with Crippen LogP contribution in [0.4, 0.5) is 39.5 Å². The molecule has 0 amide bonds. The van der Waals surface area contributed by atoms with Gasteiger partial charge in [-0.25, -0.2) is 8.78 Å². The van der Waals surface area contributed by atoms with Crippen molar-refractivity contribution in [2.45, 2.75) is 23.3 Å². The summed E-state index contributed by atoms with van der Waals surface area (Å²) in [7, 11) is -5.14. The number of halogens is 9. The minimum atomic E-state index is -7.18. The van der Waals surface area contributed by atoms with Crippen LogP contribution >= 0.6 is 0 Å². The van der Waals surface area contributed by atoms with Gasteiger partial charge in [0.25, 0.3) is 0 Å². The number of hydrogen-bond donors (Lipinski definition) is 0. The molecular formula is C4F9O2RbS. The van der Waals surface area contributed by atoms with Crippen LogP contribution in [0.2, 0.25) is 0 Å². The van der Waals surface area contributed by atoms with Crippen molar-refractivity contribution in [3.63, 3.8) is 0 Å². The van der Waals surface area contributed by atoms with Gasteiger partial charge in [0.15, 0.2) is 0 Å². The molecule has 0 N–H and O–H groups in total. The smallest absolute Gasteiger partial charge is 0.418 e. The summed E-state index contributed by atoms with van der Waals surface area (Å²) < 4.78 is 125. The number of rotatable bonds is 3. The van der Waals surface area contributed by atoms with Gasteiger partial charge in [-0.05, 0) is 10.7 Å². The minimum Gasteiger partial charge on any atom is -0.418 e. The molecule has 0 aromatic heterocycles. The first-order valence-electron chi connectivity index (χ1n) is 2.99. The Morgan fingerprint density at radius 2 is 0.941 bits per heavy atom. The summed E-state index contributed by atoms with van der Waals surface area (Å²) in [5.74, 6) is -14.3. The van der Waals surface area contributed by atoms with Crippen LogP contribution in [0.5, 0.6) is 0 Å². The van der Waals surface area contributed by atoms with Crippen molar-refractivity contribution in [1.82, 2.24) is 0 Å². The minimum absolute atomic E-state index is 0. The molecule has 0 aromatic rings. The molecule has 0 saturated heterocycles. The maximum absolute atomic E-state index is 12.1. The zero-order valence-corrected chi connectivity index (χ0v) is 13.4. The standard InChI is InChI=1S/C4F9O2S.Rb/c5-1(6,3(9,10)11)2(7,8)4(12,13)16(14)15;/q-1;+1. The van der Waals surface area contributed by atoms with Crippen LogP contribution in [0.3, 0.4) is 0 Å². The predicted molar refractivity (Wildman–Crippen MR) is 29.6 cm³/mol. The summed E-state index contributed by atoms with van der Waals surface area (Å²) in [6.45, 7) is 0. The van der Waals surface area contributed by atoms with Gasteiger partial charge in [0.1, 0.15) is 0 Å². The molecule has 0 fully saturated rings. The Balaban J connectivity index is 0. The largest absolute Gasteiger partial charge is 1.00 e. The van der Waals surface area contributed by atoms with Crippen LogP contribution in [0, 0.1) is 0 Å². The fraction of sp³-hybridized carbons (Fsp3) is 1.00. The third-order valence-electron chi connectivity index (χ3n) is 1.33. The van der Waals surface area contributed by atoms with E-state index in [0.29, 0.717) is 0 Å². The van der Waals surface area contributed by atoms with Crippen molar-refractivity contribution in [3.8, 4) is 0 Å². The van der Waals surface area contributed by atoms with Crippen molar-refractivity contribution < 1.29 is 106 Å². The van der Waals surface area contributed by atoms with Crippen LogP contribution in [-0.2, 0) is 19.1 Å². The summed E-state index contributed by atoms with van der Waals surface area (Å²) >= 11 is 0. The van der Waals surface area contributed by atoms with Crippen molar-refractivity contribution in [2.75, 3.05) is 0 Å². The summed E-state index contributed by atoms with van der Waals surface area (Å²) in [5, 5.41) is -6.55. The van der Waals surface area contributed by atoms with E-state index in [-0.39, 0.29) is 58.2 Å². The van der Waals surface area contributed by atoms with Gasteiger partial charge in [-0.2, -0.15) is 30.7 Å². The second kappa shape index (κ2) is 5.63. The van der Waals surface area contributed by atoms with Crippen molar-refractivity contribution >= 4 is 10.7 Å². The van der Waals surface area contributed by atoms with Crippen molar-refractivity contribution in [2.24, 2.45) is 0 Å². The van der Waals surface area contributed by atoms with Gasteiger partial charge in [0, 0.05) is 0 Å². The molecule has 0 bridgehead atoms. The van der Waals surface area contributed by atoms with E-state index in [2.05, 4.69) is 0 Å². The van der Waals surface area contributed by atoms with E-state index in [9.17, 15) is 47.9 Å². The van der Waals surface area contributed by atoms with Gasteiger partial charge in [0.05, 0.1) is 0 Å². The number of alkyl halides is 9. The molecule has 0 atom stereocenters. The molecule has 0 spiro atoms. The number of hydrogen-bond acceptors (Lipinski definition) is 3. The first kappa shape index (κ1) is 20.4. The van der Waals surface area contributed by atoms with E-state index in [4.69, 9.17) is 0 Å². The zero-order chi connectivity index (χ0) is 13.6. The summed E-state index contributed by atoms with van der Waals surface area (Å²) in [4.78, 5) is 0. The van der Waals surface area contributed by atoms with Gasteiger partial charge in [0.2, 0.25) is 0 Å². The van der Waals surface area contributed by atoms with E-state index in [1.165, 1.54) is 0 Å². The van der Waals surface area contributed by atoms with Gasteiger partial charge in [-0.15, -0.1) is 0 Å². The molecule has 0 aliphatic heterocycles. The third-order valence-corrected chi connectivity index (χ3v) is 2.00. The van der Waals surface area contributed by atoms with E-state index < -0.39 is 34.0 Å². The summed E-state index contributed by atoms with van der Waals surface area (Å²) in [5.41, 5.74) is 0. The van der Waals surface area contributed by atoms with Gasteiger partial charge >= 0.3 is 81.5 Å². The predicted octanol–water partition coefficient (Wildman–Crippen LogP) is -0.275. The Bertz CT molecular complexity index is 337. The average Bonchev–Trinajstić information content (AvgIpc) is 2.00. The Kier molecular flexibility index (Phi) is 6.77. The van der Waals surface area contributed by atoms with Crippen LogP contribution in [0.15, 0.2) is 0 Å². The molecule has 17 heavy (non-hydrogen) atoms. The van der Waals surface area contributed by atoms with E-state index in [0.717, 1.165) is 0 Å². The molecule has 13 heteroatoms. The van der Waals surface area contributed by atoms with Crippen LogP contribution in [-0.4, -0.2) is 23.3 Å². The molecular weight excluding hydrogens is 369 g/mol. The SMILES string of the molecule is O=[S-](=O)C(F)(F)C(F)(F)C(F)(F)C(F)(F)F.[Rb+]. The molecule has 0 unspecified atom stereocenters. The van der Waals surface area contributed by atoms with E-state index in [1.807, 2.05) is 0 Å². The normalized spacial score (nSPS) is 14.7. The Morgan fingerprint density at radius 1 is 0.647 bits per heavy atom. The van der Waals surface area contributed by atoms with Crippen LogP contribution in [0.25, 0.3) is 0 Å². The molecule has 0 aliphatic carbocycles. The Morgan fingerprint density at radius 3 is 1.12 bits per heavy atom. The van der Waals surface area contributed by atoms with Crippen LogP contribution in [0.1, 0.15) is 0 Å². The molecule has 2 nitrogen and oxygen atoms in total. The quantitative estimate of drug-likeness (QED) is 0.508. The van der Waals surface area contributed by atoms with Crippen molar-refractivity contribution in [3.05, 3.63) is 0 Å². The molecule has 0 saturated carbocycles. The van der Waals surface area contributed by atoms with Gasteiger partial charge in [-0.3, -0.25) is 0 Å². The van der Waals surface area contributed by atoms with Gasteiger partial charge in [-0.1, -0.05) is 0 Å². The Hall–Kier alpha value is 1.13. The van der Waals surface area contributed by atoms with Crippen molar-refractivity contribution in [1.29, 1.82) is 0 Å². The fourth-order valence-electron chi connectivity index (χ4n) is 0.465. The van der Waals surface area contributed by atoms with Crippen LogP contribution < -0.4 is 58.2 Å². The second-order valence-electron chi connectivity index (χ2n) is 2.40. The molecule has 0 radical (unpaired) electrons. The average molecular weight is 369 g/mol. The Labute approximate surface area is 138 Å². The monoisotopic (exact) mass is 368 g/mol. The summed E-state index contributed by atoms with van der Waals surface area (Å²) in [6.07, 6.45) is -7.01. The molecule has 0 heterocycles. The second-order valence-corrected chi connectivity index (χ2v) is 3.38. The first-order valence-corrected chi connectivity index (χ1v) is 4.06. The molecule has 98 valence electrons.